The third-order valence-corrected chi connectivity index (χ3v) is 10.6. The number of thiophene rings is 1. The van der Waals surface area contributed by atoms with E-state index in [1.807, 2.05) is 53.9 Å². The van der Waals surface area contributed by atoms with Crippen LogP contribution in [0.4, 0.5) is 0 Å². The van der Waals surface area contributed by atoms with Gasteiger partial charge in [-0.25, -0.2) is 9.97 Å². The molecule has 50 heavy (non-hydrogen) atoms. The Morgan fingerprint density at radius 2 is 1.18 bits per heavy atom. The summed E-state index contributed by atoms with van der Waals surface area (Å²) in [7, 11) is 0. The van der Waals surface area contributed by atoms with Crippen LogP contribution in [0.5, 0.6) is 0 Å². The highest BCUT2D eigenvalue weighted by Crippen LogP contribution is 2.46. The zero-order valence-electron chi connectivity index (χ0n) is 26.7. The maximum absolute atomic E-state index is 6.78. The van der Waals surface area contributed by atoms with Gasteiger partial charge in [0.05, 0.1) is 11.4 Å². The molecule has 0 radical (unpaired) electrons. The van der Waals surface area contributed by atoms with Crippen molar-refractivity contribution in [2.45, 2.75) is 0 Å². The summed E-state index contributed by atoms with van der Waals surface area (Å²) < 4.78 is 9.32. The average Bonchev–Trinajstić information content (AvgIpc) is 3.77. The molecule has 4 aromatic heterocycles. The van der Waals surface area contributed by atoms with E-state index in [4.69, 9.17) is 14.4 Å². The Kier molecular flexibility index (Phi) is 6.64. The highest BCUT2D eigenvalue weighted by molar-refractivity contribution is 7.25. The van der Waals surface area contributed by atoms with E-state index in [0.717, 1.165) is 72.3 Å². The molecular formula is C45H27N3OS. The largest absolute Gasteiger partial charge is 0.455 e. The number of para-hydroxylation sites is 1. The number of hydrogen-bond donors (Lipinski definition) is 0. The lowest BCUT2D eigenvalue weighted by Gasteiger charge is -2.12. The van der Waals surface area contributed by atoms with Crippen molar-refractivity contribution in [1.29, 1.82) is 0 Å². The van der Waals surface area contributed by atoms with E-state index in [9.17, 15) is 0 Å². The summed E-state index contributed by atoms with van der Waals surface area (Å²) in [6.07, 6.45) is 3.67. The van der Waals surface area contributed by atoms with Crippen molar-refractivity contribution in [1.82, 2.24) is 15.0 Å². The lowest BCUT2D eigenvalue weighted by atomic mass is 9.94. The minimum absolute atomic E-state index is 0.665. The standard InChI is InChI=1S/C45H27N3OS/c1-2-10-29(11-3-1)37-26-38(48-45(47-37)30-21-19-28(20-22-30)31-12-9-25-46-27-31)34-24-23-33(44-43(34)35-13-4-6-16-39(35)49-44)32-15-8-18-41-42(32)36-14-5-7-17-40(36)50-41/h1-27H. The molecule has 0 spiro atoms. The summed E-state index contributed by atoms with van der Waals surface area (Å²) in [5.74, 6) is 0.665. The van der Waals surface area contributed by atoms with Crippen molar-refractivity contribution in [3.8, 4) is 56.2 Å². The number of aromatic nitrogens is 3. The van der Waals surface area contributed by atoms with Gasteiger partial charge < -0.3 is 4.42 Å². The van der Waals surface area contributed by atoms with Crippen LogP contribution in [0.15, 0.2) is 168 Å². The fraction of sp³-hybridized carbons (Fsp3) is 0. The maximum atomic E-state index is 6.78. The molecule has 0 saturated heterocycles. The summed E-state index contributed by atoms with van der Waals surface area (Å²) in [6, 6.07) is 52.8. The van der Waals surface area contributed by atoms with E-state index in [-0.39, 0.29) is 0 Å². The number of fused-ring (bicyclic) bond motifs is 6. The molecule has 4 heterocycles. The minimum Gasteiger partial charge on any atom is -0.455 e. The van der Waals surface area contributed by atoms with Gasteiger partial charge in [0, 0.05) is 65.6 Å². The van der Waals surface area contributed by atoms with E-state index in [1.165, 1.54) is 20.2 Å². The van der Waals surface area contributed by atoms with Crippen LogP contribution in [-0.4, -0.2) is 15.0 Å². The second-order valence-corrected chi connectivity index (χ2v) is 13.5. The van der Waals surface area contributed by atoms with E-state index in [1.54, 1.807) is 6.20 Å². The molecule has 0 saturated carbocycles. The molecule has 6 aromatic carbocycles. The van der Waals surface area contributed by atoms with E-state index >= 15 is 0 Å². The summed E-state index contributed by atoms with van der Waals surface area (Å²) in [4.78, 5) is 14.7. The number of rotatable bonds is 5. The van der Waals surface area contributed by atoms with Gasteiger partial charge in [-0.15, -0.1) is 11.3 Å². The van der Waals surface area contributed by atoms with Crippen molar-refractivity contribution in [2.24, 2.45) is 0 Å². The smallest absolute Gasteiger partial charge is 0.160 e. The Bertz CT molecular complexity index is 2860. The summed E-state index contributed by atoms with van der Waals surface area (Å²) in [6.45, 7) is 0. The lowest BCUT2D eigenvalue weighted by Crippen LogP contribution is -1.96. The Morgan fingerprint density at radius 3 is 2.04 bits per heavy atom. The van der Waals surface area contributed by atoms with Crippen molar-refractivity contribution in [2.75, 3.05) is 0 Å². The van der Waals surface area contributed by atoms with E-state index in [0.29, 0.717) is 5.82 Å². The van der Waals surface area contributed by atoms with E-state index in [2.05, 4.69) is 120 Å². The molecule has 0 aliphatic rings. The molecule has 0 aliphatic heterocycles. The van der Waals surface area contributed by atoms with Gasteiger partial charge in [0.15, 0.2) is 5.82 Å². The van der Waals surface area contributed by atoms with Gasteiger partial charge in [-0.3, -0.25) is 4.98 Å². The molecule has 0 amide bonds. The van der Waals surface area contributed by atoms with Crippen LogP contribution in [-0.2, 0) is 0 Å². The number of benzene rings is 6. The predicted octanol–water partition coefficient (Wildman–Crippen LogP) is 12.5. The highest BCUT2D eigenvalue weighted by Gasteiger charge is 2.21. The zero-order chi connectivity index (χ0) is 33.0. The second kappa shape index (κ2) is 11.6. The molecule has 0 bridgehead atoms. The van der Waals surface area contributed by atoms with Crippen LogP contribution in [0, 0.1) is 0 Å². The van der Waals surface area contributed by atoms with Crippen LogP contribution < -0.4 is 0 Å². The number of hydrogen-bond acceptors (Lipinski definition) is 5. The SMILES string of the molecule is c1ccc(-c2cc(-c3ccc(-c4cccc5sc6ccccc6c45)c4oc5ccccc5c34)nc(-c3ccc(-c4cccnc4)cc3)n2)cc1. The first-order valence-electron chi connectivity index (χ1n) is 16.6. The van der Waals surface area contributed by atoms with Crippen molar-refractivity contribution in [3.63, 3.8) is 0 Å². The van der Waals surface area contributed by atoms with Gasteiger partial charge in [0.25, 0.3) is 0 Å². The van der Waals surface area contributed by atoms with Crippen LogP contribution in [0.2, 0.25) is 0 Å². The third kappa shape index (κ3) is 4.71. The van der Waals surface area contributed by atoms with Gasteiger partial charge in [0.2, 0.25) is 0 Å². The molecule has 0 atom stereocenters. The Labute approximate surface area is 292 Å². The van der Waals surface area contributed by atoms with Crippen LogP contribution >= 0.6 is 11.3 Å². The Balaban J connectivity index is 1.21. The average molecular weight is 658 g/mol. The van der Waals surface area contributed by atoms with Gasteiger partial charge in [-0.1, -0.05) is 115 Å². The third-order valence-electron chi connectivity index (χ3n) is 9.43. The number of pyridine rings is 1. The molecule has 4 nitrogen and oxygen atoms in total. The zero-order valence-corrected chi connectivity index (χ0v) is 27.6. The summed E-state index contributed by atoms with van der Waals surface area (Å²) >= 11 is 1.83. The molecule has 5 heteroatoms. The fourth-order valence-corrected chi connectivity index (χ4v) is 8.20. The molecule has 0 fully saturated rings. The first-order valence-corrected chi connectivity index (χ1v) is 17.4. The fourth-order valence-electron chi connectivity index (χ4n) is 7.07. The molecule has 10 rings (SSSR count). The van der Waals surface area contributed by atoms with Crippen molar-refractivity contribution < 1.29 is 4.42 Å². The van der Waals surface area contributed by atoms with Crippen LogP contribution in [0.1, 0.15) is 0 Å². The topological polar surface area (TPSA) is 51.8 Å². The molecule has 0 N–H and O–H groups in total. The van der Waals surface area contributed by atoms with Crippen molar-refractivity contribution >= 4 is 53.4 Å². The molecule has 234 valence electrons. The quantitative estimate of drug-likeness (QED) is 0.185. The van der Waals surface area contributed by atoms with Crippen LogP contribution in [0.25, 0.3) is 98.3 Å². The van der Waals surface area contributed by atoms with Crippen molar-refractivity contribution in [3.05, 3.63) is 164 Å². The molecular weight excluding hydrogens is 631 g/mol. The first kappa shape index (κ1) is 28.6. The Hall–Kier alpha value is -6.43. The Morgan fingerprint density at radius 1 is 0.460 bits per heavy atom. The van der Waals surface area contributed by atoms with Gasteiger partial charge in [-0.2, -0.15) is 0 Å². The van der Waals surface area contributed by atoms with Crippen LogP contribution in [0.3, 0.4) is 0 Å². The monoisotopic (exact) mass is 657 g/mol. The molecule has 10 aromatic rings. The van der Waals surface area contributed by atoms with Gasteiger partial charge in [-0.05, 0) is 53.1 Å². The maximum Gasteiger partial charge on any atom is 0.160 e. The highest BCUT2D eigenvalue weighted by atomic mass is 32.1. The summed E-state index contributed by atoms with van der Waals surface area (Å²) in [5, 5.41) is 4.63. The second-order valence-electron chi connectivity index (χ2n) is 12.4. The summed E-state index contributed by atoms with van der Waals surface area (Å²) in [5.41, 5.74) is 10.8. The molecule has 0 aliphatic carbocycles. The minimum atomic E-state index is 0.665. The normalized spacial score (nSPS) is 11.6. The number of nitrogens with zero attached hydrogens (tertiary/aromatic N) is 3. The predicted molar refractivity (Wildman–Crippen MR) is 207 cm³/mol. The molecule has 0 unspecified atom stereocenters. The van der Waals surface area contributed by atoms with Gasteiger partial charge in [0.1, 0.15) is 11.2 Å². The lowest BCUT2D eigenvalue weighted by molar-refractivity contribution is 0.670. The number of furan rings is 1. The van der Waals surface area contributed by atoms with E-state index < -0.39 is 0 Å². The first-order chi connectivity index (χ1) is 24.8. The van der Waals surface area contributed by atoms with Gasteiger partial charge >= 0.3 is 0 Å².